The van der Waals surface area contributed by atoms with Crippen molar-refractivity contribution in [1.29, 1.82) is 0 Å². The number of amides is 1. The summed E-state index contributed by atoms with van der Waals surface area (Å²) >= 11 is 0. The van der Waals surface area contributed by atoms with E-state index in [0.717, 1.165) is 30.5 Å². The molecule has 158 valence electrons. The minimum Gasteiger partial charge on any atom is -0.493 e. The van der Waals surface area contributed by atoms with Crippen molar-refractivity contribution in [3.05, 3.63) is 42.0 Å². The fraction of sp³-hybridized carbons (Fsp3) is 0.364. The monoisotopic (exact) mass is 411 g/mol. The first-order chi connectivity index (χ1) is 14.6. The van der Waals surface area contributed by atoms with Gasteiger partial charge in [0.1, 0.15) is 5.52 Å². The molecule has 30 heavy (non-hydrogen) atoms. The van der Waals surface area contributed by atoms with Crippen LogP contribution < -0.4 is 24.4 Å². The van der Waals surface area contributed by atoms with Crippen LogP contribution >= 0.6 is 0 Å². The van der Waals surface area contributed by atoms with Gasteiger partial charge in [0, 0.05) is 18.7 Å². The summed E-state index contributed by atoms with van der Waals surface area (Å²) in [5, 5.41) is 3.01. The average Bonchev–Trinajstić information content (AvgIpc) is 3.42. The molecular formula is C22H25N3O5. The van der Waals surface area contributed by atoms with Crippen LogP contribution in [0.2, 0.25) is 0 Å². The van der Waals surface area contributed by atoms with Gasteiger partial charge in [-0.2, -0.15) is 4.98 Å². The maximum absolute atomic E-state index is 12.8. The van der Waals surface area contributed by atoms with Gasteiger partial charge in [-0.05, 0) is 37.1 Å². The van der Waals surface area contributed by atoms with E-state index in [1.807, 2.05) is 24.3 Å². The molecule has 1 unspecified atom stereocenters. The number of oxazole rings is 1. The van der Waals surface area contributed by atoms with Crippen molar-refractivity contribution in [3.63, 3.8) is 0 Å². The number of rotatable bonds is 7. The van der Waals surface area contributed by atoms with E-state index in [-0.39, 0.29) is 11.9 Å². The Morgan fingerprint density at radius 2 is 1.90 bits per heavy atom. The number of para-hydroxylation sites is 2. The number of hydrogen-bond donors (Lipinski definition) is 1. The molecule has 1 amide bonds. The molecule has 2 heterocycles. The van der Waals surface area contributed by atoms with Crippen molar-refractivity contribution in [3.8, 4) is 17.2 Å². The molecular weight excluding hydrogens is 386 g/mol. The Balaban J connectivity index is 1.48. The van der Waals surface area contributed by atoms with Gasteiger partial charge < -0.3 is 28.8 Å². The van der Waals surface area contributed by atoms with Gasteiger partial charge in [0.25, 0.3) is 11.9 Å². The lowest BCUT2D eigenvalue weighted by Gasteiger charge is -2.23. The largest absolute Gasteiger partial charge is 0.493 e. The first-order valence-corrected chi connectivity index (χ1v) is 9.85. The van der Waals surface area contributed by atoms with Crippen LogP contribution in [-0.2, 0) is 0 Å². The SMILES string of the molecule is COc1cc(C(=O)NCC2CCCN2c2nc3ccccc3o2)cc(OC)c1OC. The maximum atomic E-state index is 12.8. The summed E-state index contributed by atoms with van der Waals surface area (Å²) in [5.74, 6) is 1.13. The van der Waals surface area contributed by atoms with E-state index in [1.54, 1.807) is 12.1 Å². The molecule has 0 spiro atoms. The number of aromatic nitrogens is 1. The topological polar surface area (TPSA) is 86.1 Å². The van der Waals surface area contributed by atoms with Gasteiger partial charge in [-0.15, -0.1) is 0 Å². The highest BCUT2D eigenvalue weighted by Crippen LogP contribution is 2.38. The molecule has 8 nitrogen and oxygen atoms in total. The summed E-state index contributed by atoms with van der Waals surface area (Å²) in [6.45, 7) is 1.33. The van der Waals surface area contributed by atoms with Crippen molar-refractivity contribution in [1.82, 2.24) is 10.3 Å². The number of carbonyl (C=O) groups is 1. The molecule has 1 fully saturated rings. The Morgan fingerprint density at radius 1 is 1.17 bits per heavy atom. The first-order valence-electron chi connectivity index (χ1n) is 9.85. The summed E-state index contributed by atoms with van der Waals surface area (Å²) in [6, 6.07) is 11.7. The van der Waals surface area contributed by atoms with Gasteiger partial charge >= 0.3 is 0 Å². The predicted octanol–water partition coefficient (Wildman–Crippen LogP) is 3.25. The molecule has 1 N–H and O–H groups in total. The van der Waals surface area contributed by atoms with Crippen molar-refractivity contribution in [2.45, 2.75) is 18.9 Å². The minimum absolute atomic E-state index is 0.115. The number of benzene rings is 2. The van der Waals surface area contributed by atoms with Gasteiger partial charge in [0.2, 0.25) is 5.75 Å². The quantitative estimate of drug-likeness (QED) is 0.639. The third-order valence-electron chi connectivity index (χ3n) is 5.33. The Morgan fingerprint density at radius 3 is 2.57 bits per heavy atom. The molecule has 0 aliphatic carbocycles. The summed E-state index contributed by atoms with van der Waals surface area (Å²) in [5.41, 5.74) is 2.04. The normalized spacial score (nSPS) is 16.0. The van der Waals surface area contributed by atoms with Crippen LogP contribution in [0.4, 0.5) is 6.01 Å². The van der Waals surface area contributed by atoms with Crippen LogP contribution in [0.25, 0.3) is 11.1 Å². The molecule has 1 saturated heterocycles. The standard InChI is InChI=1S/C22H25N3O5/c1-27-18-11-14(12-19(28-2)20(18)29-3)21(26)23-13-15-7-6-10-25(15)22-24-16-8-4-5-9-17(16)30-22/h4-5,8-9,11-12,15H,6-7,10,13H2,1-3H3,(H,23,26). The van der Waals surface area contributed by atoms with E-state index >= 15 is 0 Å². The van der Waals surface area contributed by atoms with Crippen LogP contribution in [0.15, 0.2) is 40.8 Å². The lowest BCUT2D eigenvalue weighted by molar-refractivity contribution is 0.0950. The van der Waals surface area contributed by atoms with E-state index in [9.17, 15) is 4.79 Å². The zero-order chi connectivity index (χ0) is 21.1. The van der Waals surface area contributed by atoms with Crippen molar-refractivity contribution in [2.24, 2.45) is 0 Å². The van der Waals surface area contributed by atoms with Crippen LogP contribution in [0.5, 0.6) is 17.2 Å². The number of methoxy groups -OCH3 is 3. The Hall–Kier alpha value is -3.42. The fourth-order valence-electron chi connectivity index (χ4n) is 3.81. The second kappa shape index (κ2) is 8.52. The number of anilines is 1. The predicted molar refractivity (Wildman–Crippen MR) is 113 cm³/mol. The molecule has 4 rings (SSSR count). The Labute approximate surface area is 174 Å². The van der Waals surface area contributed by atoms with E-state index < -0.39 is 0 Å². The highest BCUT2D eigenvalue weighted by molar-refractivity contribution is 5.95. The molecule has 1 aromatic heterocycles. The van der Waals surface area contributed by atoms with Crippen molar-refractivity contribution < 1.29 is 23.4 Å². The van der Waals surface area contributed by atoms with E-state index in [2.05, 4.69) is 15.2 Å². The molecule has 2 aromatic carbocycles. The number of nitrogens with zero attached hydrogens (tertiary/aromatic N) is 2. The zero-order valence-corrected chi connectivity index (χ0v) is 17.3. The van der Waals surface area contributed by atoms with E-state index in [0.29, 0.717) is 35.4 Å². The number of ether oxygens (including phenoxy) is 3. The number of fused-ring (bicyclic) bond motifs is 1. The lowest BCUT2D eigenvalue weighted by Crippen LogP contribution is -2.40. The highest BCUT2D eigenvalue weighted by Gasteiger charge is 2.29. The lowest BCUT2D eigenvalue weighted by atomic mass is 10.1. The summed E-state index contributed by atoms with van der Waals surface area (Å²) in [6.07, 6.45) is 1.97. The zero-order valence-electron chi connectivity index (χ0n) is 17.3. The number of nitrogens with one attached hydrogen (secondary N) is 1. The molecule has 0 saturated carbocycles. The molecule has 0 radical (unpaired) electrons. The number of carbonyl (C=O) groups excluding carboxylic acids is 1. The van der Waals surface area contributed by atoms with Crippen molar-refractivity contribution in [2.75, 3.05) is 39.3 Å². The molecule has 1 atom stereocenters. The molecule has 8 heteroatoms. The fourth-order valence-corrected chi connectivity index (χ4v) is 3.81. The second-order valence-corrected chi connectivity index (χ2v) is 7.08. The smallest absolute Gasteiger partial charge is 0.298 e. The minimum atomic E-state index is -0.210. The van der Waals surface area contributed by atoms with Gasteiger partial charge in [-0.1, -0.05) is 12.1 Å². The van der Waals surface area contributed by atoms with Gasteiger partial charge in [-0.3, -0.25) is 4.79 Å². The van der Waals surface area contributed by atoms with E-state index in [4.69, 9.17) is 18.6 Å². The van der Waals surface area contributed by atoms with Gasteiger partial charge in [-0.25, -0.2) is 0 Å². The van der Waals surface area contributed by atoms with E-state index in [1.165, 1.54) is 21.3 Å². The highest BCUT2D eigenvalue weighted by atomic mass is 16.5. The van der Waals surface area contributed by atoms with Crippen LogP contribution in [-0.4, -0.2) is 51.4 Å². The average molecular weight is 411 g/mol. The third kappa shape index (κ3) is 3.72. The summed E-state index contributed by atoms with van der Waals surface area (Å²) in [7, 11) is 4.58. The van der Waals surface area contributed by atoms with Crippen molar-refractivity contribution >= 4 is 23.0 Å². The third-order valence-corrected chi connectivity index (χ3v) is 5.33. The van der Waals surface area contributed by atoms with Crippen LogP contribution in [0.3, 0.4) is 0 Å². The molecule has 0 bridgehead atoms. The first kappa shape index (κ1) is 19.9. The Bertz CT molecular complexity index is 990. The van der Waals surface area contributed by atoms with Crippen LogP contribution in [0, 0.1) is 0 Å². The maximum Gasteiger partial charge on any atom is 0.298 e. The number of hydrogen-bond acceptors (Lipinski definition) is 7. The summed E-state index contributed by atoms with van der Waals surface area (Å²) in [4.78, 5) is 19.5. The van der Waals surface area contributed by atoms with Crippen LogP contribution in [0.1, 0.15) is 23.2 Å². The summed E-state index contributed by atoms with van der Waals surface area (Å²) < 4.78 is 21.9. The molecule has 1 aliphatic heterocycles. The Kier molecular flexibility index (Phi) is 5.65. The van der Waals surface area contributed by atoms with Gasteiger partial charge in [0.05, 0.1) is 27.4 Å². The second-order valence-electron chi connectivity index (χ2n) is 7.08. The van der Waals surface area contributed by atoms with Gasteiger partial charge in [0.15, 0.2) is 17.1 Å². The molecule has 1 aliphatic rings. The molecule has 3 aromatic rings.